The number of alkyl halides is 3. The summed E-state index contributed by atoms with van der Waals surface area (Å²) < 4.78 is 35.7. The topological polar surface area (TPSA) is 37.3 Å². The fourth-order valence-electron chi connectivity index (χ4n) is 0.786. The van der Waals surface area contributed by atoms with E-state index in [0.717, 1.165) is 6.08 Å². The average molecular weight is 180 g/mol. The van der Waals surface area contributed by atoms with Crippen molar-refractivity contribution in [3.63, 3.8) is 0 Å². The zero-order valence-corrected chi connectivity index (χ0v) is 6.06. The molecule has 5 heteroatoms. The van der Waals surface area contributed by atoms with Crippen LogP contribution in [0.1, 0.15) is 12.8 Å². The van der Waals surface area contributed by atoms with Crippen molar-refractivity contribution in [2.45, 2.75) is 19.0 Å². The van der Waals surface area contributed by atoms with Gasteiger partial charge in [0.15, 0.2) is 0 Å². The number of hydrogen-bond donors (Lipinski definition) is 1. The van der Waals surface area contributed by atoms with E-state index in [9.17, 15) is 18.0 Å². The predicted octanol–water partition coefficient (Wildman–Crippen LogP) is 1.97. The van der Waals surface area contributed by atoms with E-state index in [1.165, 1.54) is 0 Å². The van der Waals surface area contributed by atoms with Crippen LogP contribution in [-0.2, 0) is 4.79 Å². The van der Waals surface area contributed by atoms with Crippen molar-refractivity contribution >= 4 is 5.97 Å². The van der Waals surface area contributed by atoms with Crippen LogP contribution >= 0.6 is 0 Å². The summed E-state index contributed by atoms with van der Waals surface area (Å²) in [7, 11) is 0. The van der Waals surface area contributed by atoms with E-state index in [1.807, 2.05) is 0 Å². The lowest BCUT2D eigenvalue weighted by Gasteiger charge is -2.05. The van der Waals surface area contributed by atoms with E-state index < -0.39 is 17.7 Å². The minimum absolute atomic E-state index is 0.183. The molecule has 0 spiro atoms. The number of carboxylic acid groups (broad SMARTS) is 1. The molecule has 1 aliphatic rings. The highest BCUT2D eigenvalue weighted by Gasteiger charge is 2.40. The molecule has 0 bridgehead atoms. The maximum atomic E-state index is 11.9. The van der Waals surface area contributed by atoms with Crippen molar-refractivity contribution in [3.8, 4) is 0 Å². The van der Waals surface area contributed by atoms with Crippen LogP contribution in [-0.4, -0.2) is 17.3 Å². The molecular formula is C7H7F3O2. The molecule has 0 amide bonds. The van der Waals surface area contributed by atoms with E-state index in [0.29, 0.717) is 12.8 Å². The lowest BCUT2D eigenvalue weighted by molar-refractivity contribution is -0.144. The Kier molecular flexibility index (Phi) is 2.12. The number of halogens is 3. The first-order chi connectivity index (χ1) is 5.41. The summed E-state index contributed by atoms with van der Waals surface area (Å²) in [5, 5.41) is 8.20. The van der Waals surface area contributed by atoms with E-state index in [-0.39, 0.29) is 5.92 Å². The largest absolute Gasteiger partial charge is 0.478 e. The summed E-state index contributed by atoms with van der Waals surface area (Å²) in [5.41, 5.74) is -1.44. The lowest BCUT2D eigenvalue weighted by Crippen LogP contribution is -2.19. The molecule has 1 fully saturated rings. The fraction of sp³-hybridized carbons (Fsp3) is 0.571. The highest BCUT2D eigenvalue weighted by atomic mass is 19.4. The molecule has 0 aromatic heterocycles. The normalized spacial score (nSPS) is 19.4. The van der Waals surface area contributed by atoms with Crippen LogP contribution in [0, 0.1) is 5.92 Å². The summed E-state index contributed by atoms with van der Waals surface area (Å²) in [5.74, 6) is -2.08. The molecule has 1 saturated carbocycles. The Labute approximate surface area is 66.7 Å². The van der Waals surface area contributed by atoms with Gasteiger partial charge in [-0.1, -0.05) is 6.08 Å². The lowest BCUT2D eigenvalue weighted by atomic mass is 10.2. The first kappa shape index (κ1) is 9.09. The van der Waals surface area contributed by atoms with Gasteiger partial charge < -0.3 is 5.11 Å². The maximum Gasteiger partial charge on any atom is 0.423 e. The van der Waals surface area contributed by atoms with Gasteiger partial charge in [-0.2, -0.15) is 13.2 Å². The Balaban J connectivity index is 2.80. The second-order valence-electron chi connectivity index (χ2n) is 2.72. The van der Waals surface area contributed by atoms with Crippen LogP contribution in [0.3, 0.4) is 0 Å². The molecule has 0 unspecified atom stereocenters. The third-order valence-electron chi connectivity index (χ3n) is 1.56. The van der Waals surface area contributed by atoms with Gasteiger partial charge in [0.05, 0.1) is 0 Å². The van der Waals surface area contributed by atoms with Crippen molar-refractivity contribution in [2.24, 2.45) is 5.92 Å². The Bertz CT molecular complexity index is 225. The van der Waals surface area contributed by atoms with Crippen molar-refractivity contribution in [1.29, 1.82) is 0 Å². The van der Waals surface area contributed by atoms with Crippen LogP contribution in [0.4, 0.5) is 13.2 Å². The molecular weight excluding hydrogens is 173 g/mol. The van der Waals surface area contributed by atoms with Gasteiger partial charge in [-0.25, -0.2) is 4.79 Å². The number of carbonyl (C=O) groups is 1. The summed E-state index contributed by atoms with van der Waals surface area (Å²) in [6, 6.07) is 0. The zero-order chi connectivity index (χ0) is 9.35. The standard InChI is InChI=1S/C7H7F3O2/c8-7(9,10)5(6(11)12)3-4-1-2-4/h3-4H,1-2H2,(H,11,12)/b5-3-. The van der Waals surface area contributed by atoms with Crippen LogP contribution in [0.25, 0.3) is 0 Å². The second kappa shape index (κ2) is 2.80. The number of allylic oxidation sites excluding steroid dienone is 1. The van der Waals surface area contributed by atoms with Crippen LogP contribution in [0.2, 0.25) is 0 Å². The minimum atomic E-state index is -4.73. The zero-order valence-electron chi connectivity index (χ0n) is 6.06. The Morgan fingerprint density at radius 2 is 1.92 bits per heavy atom. The highest BCUT2D eigenvalue weighted by molar-refractivity contribution is 5.88. The summed E-state index contributed by atoms with van der Waals surface area (Å²) in [4.78, 5) is 10.1. The smallest absolute Gasteiger partial charge is 0.423 e. The van der Waals surface area contributed by atoms with Gasteiger partial charge in [-0.3, -0.25) is 0 Å². The van der Waals surface area contributed by atoms with Crippen molar-refractivity contribution in [3.05, 3.63) is 11.6 Å². The van der Waals surface area contributed by atoms with Crippen molar-refractivity contribution < 1.29 is 23.1 Å². The van der Waals surface area contributed by atoms with Crippen LogP contribution in [0.15, 0.2) is 11.6 Å². The summed E-state index contributed by atoms with van der Waals surface area (Å²) >= 11 is 0. The van der Waals surface area contributed by atoms with E-state index >= 15 is 0 Å². The average Bonchev–Trinajstić information content (AvgIpc) is 2.61. The molecule has 0 heterocycles. The van der Waals surface area contributed by atoms with Crippen LogP contribution < -0.4 is 0 Å². The molecule has 1 aliphatic carbocycles. The third-order valence-corrected chi connectivity index (χ3v) is 1.56. The SMILES string of the molecule is O=C(O)/C(=C/C1CC1)C(F)(F)F. The molecule has 0 radical (unpaired) electrons. The van der Waals surface area contributed by atoms with Crippen LogP contribution in [0.5, 0.6) is 0 Å². The monoisotopic (exact) mass is 180 g/mol. The van der Waals surface area contributed by atoms with Gasteiger partial charge in [0.2, 0.25) is 0 Å². The molecule has 0 aromatic rings. The summed E-state index contributed by atoms with van der Waals surface area (Å²) in [6.45, 7) is 0. The number of rotatable bonds is 2. The number of carboxylic acids is 1. The van der Waals surface area contributed by atoms with Gasteiger partial charge in [0.1, 0.15) is 5.57 Å². The molecule has 12 heavy (non-hydrogen) atoms. The van der Waals surface area contributed by atoms with Gasteiger partial charge >= 0.3 is 12.1 Å². The van der Waals surface area contributed by atoms with Crippen molar-refractivity contribution in [2.75, 3.05) is 0 Å². The molecule has 68 valence electrons. The molecule has 1 rings (SSSR count). The Morgan fingerprint density at radius 1 is 1.42 bits per heavy atom. The Morgan fingerprint density at radius 3 is 2.17 bits per heavy atom. The molecule has 0 aliphatic heterocycles. The molecule has 0 aromatic carbocycles. The second-order valence-corrected chi connectivity index (χ2v) is 2.72. The van der Waals surface area contributed by atoms with Gasteiger partial charge in [-0.15, -0.1) is 0 Å². The number of aliphatic carboxylic acids is 1. The first-order valence-corrected chi connectivity index (χ1v) is 3.43. The number of hydrogen-bond acceptors (Lipinski definition) is 1. The molecule has 0 saturated heterocycles. The molecule has 1 N–H and O–H groups in total. The molecule has 0 atom stereocenters. The van der Waals surface area contributed by atoms with Crippen molar-refractivity contribution in [1.82, 2.24) is 0 Å². The first-order valence-electron chi connectivity index (χ1n) is 3.43. The predicted molar refractivity (Wildman–Crippen MR) is 34.5 cm³/mol. The Hall–Kier alpha value is -1.00. The summed E-state index contributed by atoms with van der Waals surface area (Å²) in [6.07, 6.45) is -2.61. The van der Waals surface area contributed by atoms with Gasteiger partial charge in [0.25, 0.3) is 0 Å². The van der Waals surface area contributed by atoms with E-state index in [4.69, 9.17) is 5.11 Å². The van der Waals surface area contributed by atoms with E-state index in [2.05, 4.69) is 0 Å². The highest BCUT2D eigenvalue weighted by Crippen LogP contribution is 2.35. The van der Waals surface area contributed by atoms with E-state index in [1.54, 1.807) is 0 Å². The maximum absolute atomic E-state index is 11.9. The molecule has 2 nitrogen and oxygen atoms in total. The quantitative estimate of drug-likeness (QED) is 0.659. The third kappa shape index (κ3) is 2.25. The minimum Gasteiger partial charge on any atom is -0.478 e. The van der Waals surface area contributed by atoms with Gasteiger partial charge in [-0.05, 0) is 18.8 Å². The van der Waals surface area contributed by atoms with Gasteiger partial charge in [0, 0.05) is 0 Å². The fourth-order valence-corrected chi connectivity index (χ4v) is 0.786.